The topological polar surface area (TPSA) is 44.4 Å². The summed E-state index contributed by atoms with van der Waals surface area (Å²) in [7, 11) is 0. The van der Waals surface area contributed by atoms with Gasteiger partial charge in [0.1, 0.15) is 11.6 Å². The summed E-state index contributed by atoms with van der Waals surface area (Å²) in [6.07, 6.45) is 1.83. The molecule has 0 aliphatic carbocycles. The third-order valence-corrected chi connectivity index (χ3v) is 5.23. The van der Waals surface area contributed by atoms with Crippen LogP contribution in [0.4, 0.5) is 8.78 Å². The molecule has 2 heterocycles. The van der Waals surface area contributed by atoms with E-state index in [-0.39, 0.29) is 30.0 Å². The second kappa shape index (κ2) is 7.57. The number of halogens is 2. The molecule has 2 N–H and O–H groups in total. The Morgan fingerprint density at radius 2 is 2.08 bits per heavy atom. The van der Waals surface area contributed by atoms with Gasteiger partial charge in [-0.2, -0.15) is 0 Å². The molecule has 2 aliphatic rings. The Labute approximate surface area is 141 Å². The lowest BCUT2D eigenvalue weighted by atomic mass is 9.88. The number of piperidine rings is 1. The maximum atomic E-state index is 13.8. The van der Waals surface area contributed by atoms with E-state index in [9.17, 15) is 13.6 Å². The summed E-state index contributed by atoms with van der Waals surface area (Å²) in [4.78, 5) is 14.4. The minimum absolute atomic E-state index is 0.00522. The normalized spacial score (nSPS) is 23.5. The Hall–Kier alpha value is -1.53. The fourth-order valence-corrected chi connectivity index (χ4v) is 3.44. The summed E-state index contributed by atoms with van der Waals surface area (Å²) in [5.41, 5.74) is 0.110. The van der Waals surface area contributed by atoms with E-state index in [1.165, 1.54) is 18.2 Å². The summed E-state index contributed by atoms with van der Waals surface area (Å²) in [6.45, 7) is 5.44. The fraction of sp³-hybridized carbons (Fsp3) is 0.611. The molecule has 2 saturated heterocycles. The van der Waals surface area contributed by atoms with Gasteiger partial charge in [0, 0.05) is 30.6 Å². The lowest BCUT2D eigenvalue weighted by Gasteiger charge is -2.36. The molecule has 4 nitrogen and oxygen atoms in total. The van der Waals surface area contributed by atoms with Crippen molar-refractivity contribution >= 4 is 5.91 Å². The smallest absolute Gasteiger partial charge is 0.223 e. The highest BCUT2D eigenvalue weighted by atomic mass is 19.1. The molecule has 3 rings (SSSR count). The van der Waals surface area contributed by atoms with Gasteiger partial charge in [0.2, 0.25) is 5.91 Å². The Bertz CT molecular complexity index is 571. The highest BCUT2D eigenvalue weighted by Crippen LogP contribution is 2.20. The van der Waals surface area contributed by atoms with Gasteiger partial charge in [-0.3, -0.25) is 9.69 Å². The Morgan fingerprint density at radius 1 is 1.38 bits per heavy atom. The lowest BCUT2D eigenvalue weighted by molar-refractivity contribution is -0.127. The molecule has 132 valence electrons. The lowest BCUT2D eigenvalue weighted by Crippen LogP contribution is -2.53. The quantitative estimate of drug-likeness (QED) is 0.863. The van der Waals surface area contributed by atoms with Gasteiger partial charge in [0.05, 0.1) is 0 Å². The van der Waals surface area contributed by atoms with E-state index in [1.807, 2.05) is 11.8 Å². The van der Waals surface area contributed by atoms with Crippen molar-refractivity contribution in [1.82, 2.24) is 15.5 Å². The first-order valence-corrected chi connectivity index (χ1v) is 8.71. The van der Waals surface area contributed by atoms with E-state index in [2.05, 4.69) is 10.6 Å². The van der Waals surface area contributed by atoms with Crippen LogP contribution in [0.15, 0.2) is 18.2 Å². The van der Waals surface area contributed by atoms with Crippen LogP contribution in [0.25, 0.3) is 0 Å². The number of benzene rings is 1. The summed E-state index contributed by atoms with van der Waals surface area (Å²) >= 11 is 0. The molecular formula is C18H25F2N3O. The molecule has 0 spiro atoms. The van der Waals surface area contributed by atoms with Gasteiger partial charge in [-0.05, 0) is 50.5 Å². The standard InChI is InChI=1S/C18H25F2N3O/c1-12(13-8-21-9-13)18(24)22-14-4-3-7-23(10-14)11-15-16(19)5-2-6-17(15)20/h2,5-6,12-14,21H,3-4,7-11H2,1H3,(H,22,24). The molecule has 0 saturated carbocycles. The van der Waals surface area contributed by atoms with E-state index in [0.717, 1.165) is 32.5 Å². The molecule has 0 radical (unpaired) electrons. The van der Waals surface area contributed by atoms with Gasteiger partial charge in [-0.15, -0.1) is 0 Å². The van der Waals surface area contributed by atoms with Crippen molar-refractivity contribution in [2.45, 2.75) is 32.4 Å². The van der Waals surface area contributed by atoms with Gasteiger partial charge in [0.15, 0.2) is 0 Å². The number of nitrogens with one attached hydrogen (secondary N) is 2. The molecule has 2 atom stereocenters. The second-order valence-electron chi connectivity index (χ2n) is 6.99. The first kappa shape index (κ1) is 17.3. The van der Waals surface area contributed by atoms with Gasteiger partial charge >= 0.3 is 0 Å². The van der Waals surface area contributed by atoms with Crippen LogP contribution in [0.1, 0.15) is 25.3 Å². The minimum atomic E-state index is -0.507. The number of carbonyl (C=O) groups excluding carboxylic acids is 1. The summed E-state index contributed by atoms with van der Waals surface area (Å²) in [5.74, 6) is -0.507. The van der Waals surface area contributed by atoms with E-state index < -0.39 is 11.6 Å². The number of carbonyl (C=O) groups is 1. The average Bonchev–Trinajstić information content (AvgIpc) is 2.50. The highest BCUT2D eigenvalue weighted by molar-refractivity contribution is 5.79. The molecule has 1 aromatic carbocycles. The third-order valence-electron chi connectivity index (χ3n) is 5.23. The van der Waals surface area contributed by atoms with Gasteiger partial charge < -0.3 is 10.6 Å². The third kappa shape index (κ3) is 3.92. The molecule has 2 unspecified atom stereocenters. The first-order chi connectivity index (χ1) is 11.5. The molecule has 24 heavy (non-hydrogen) atoms. The van der Waals surface area contributed by atoms with Crippen molar-refractivity contribution in [3.63, 3.8) is 0 Å². The average molecular weight is 337 g/mol. The summed E-state index contributed by atoms with van der Waals surface area (Å²) in [6, 6.07) is 4.01. The van der Waals surface area contributed by atoms with E-state index in [0.29, 0.717) is 12.5 Å². The summed E-state index contributed by atoms with van der Waals surface area (Å²) in [5, 5.41) is 6.30. The molecule has 1 amide bonds. The van der Waals surface area contributed by atoms with Crippen LogP contribution in [0.5, 0.6) is 0 Å². The van der Waals surface area contributed by atoms with Crippen LogP contribution in [0.3, 0.4) is 0 Å². The van der Waals surface area contributed by atoms with Crippen LogP contribution < -0.4 is 10.6 Å². The van der Waals surface area contributed by atoms with Crippen LogP contribution >= 0.6 is 0 Å². The molecule has 6 heteroatoms. The number of hydrogen-bond donors (Lipinski definition) is 2. The number of amides is 1. The van der Waals surface area contributed by atoms with E-state index >= 15 is 0 Å². The first-order valence-electron chi connectivity index (χ1n) is 8.71. The van der Waals surface area contributed by atoms with E-state index in [4.69, 9.17) is 0 Å². The summed E-state index contributed by atoms with van der Waals surface area (Å²) < 4.78 is 27.6. The maximum absolute atomic E-state index is 13.8. The predicted octanol–water partition coefficient (Wildman–Crippen LogP) is 1.90. The Balaban J connectivity index is 1.55. The zero-order valence-electron chi connectivity index (χ0n) is 14.0. The number of nitrogens with zero attached hydrogens (tertiary/aromatic N) is 1. The van der Waals surface area contributed by atoms with Crippen molar-refractivity contribution < 1.29 is 13.6 Å². The Kier molecular flexibility index (Phi) is 5.46. The second-order valence-corrected chi connectivity index (χ2v) is 6.99. The molecule has 1 aromatic rings. The molecule has 2 aliphatic heterocycles. The minimum Gasteiger partial charge on any atom is -0.352 e. The maximum Gasteiger partial charge on any atom is 0.223 e. The van der Waals surface area contributed by atoms with Crippen LogP contribution in [0, 0.1) is 23.5 Å². The van der Waals surface area contributed by atoms with Gasteiger partial charge in [-0.1, -0.05) is 13.0 Å². The highest BCUT2D eigenvalue weighted by Gasteiger charge is 2.31. The molecule has 0 bridgehead atoms. The van der Waals surface area contributed by atoms with Crippen LogP contribution in [-0.2, 0) is 11.3 Å². The molecular weight excluding hydrogens is 312 g/mol. The SMILES string of the molecule is CC(C(=O)NC1CCCN(Cc2c(F)cccc2F)C1)C1CNC1. The van der Waals surface area contributed by atoms with Crippen molar-refractivity contribution in [2.24, 2.45) is 11.8 Å². The Morgan fingerprint density at radius 3 is 2.71 bits per heavy atom. The number of rotatable bonds is 5. The fourth-order valence-electron chi connectivity index (χ4n) is 3.44. The zero-order chi connectivity index (χ0) is 17.1. The van der Waals surface area contributed by atoms with E-state index in [1.54, 1.807) is 0 Å². The van der Waals surface area contributed by atoms with Crippen molar-refractivity contribution in [2.75, 3.05) is 26.2 Å². The van der Waals surface area contributed by atoms with Gasteiger partial charge in [-0.25, -0.2) is 8.78 Å². The zero-order valence-corrected chi connectivity index (χ0v) is 14.0. The van der Waals surface area contributed by atoms with Crippen molar-refractivity contribution in [3.05, 3.63) is 35.4 Å². The molecule has 0 aromatic heterocycles. The number of likely N-dealkylation sites (tertiary alicyclic amines) is 1. The van der Waals surface area contributed by atoms with Crippen LogP contribution in [0.2, 0.25) is 0 Å². The van der Waals surface area contributed by atoms with Gasteiger partial charge in [0.25, 0.3) is 0 Å². The predicted molar refractivity (Wildman–Crippen MR) is 88.3 cm³/mol. The molecule has 2 fully saturated rings. The monoisotopic (exact) mass is 337 g/mol. The van der Waals surface area contributed by atoms with Crippen molar-refractivity contribution in [1.29, 1.82) is 0 Å². The largest absolute Gasteiger partial charge is 0.352 e. The van der Waals surface area contributed by atoms with Crippen molar-refractivity contribution in [3.8, 4) is 0 Å². The van der Waals surface area contributed by atoms with Crippen LogP contribution in [-0.4, -0.2) is 43.0 Å². The number of hydrogen-bond acceptors (Lipinski definition) is 3.